The third kappa shape index (κ3) is 6.59. The third-order valence-corrected chi connectivity index (χ3v) is 3.98. The van der Waals surface area contributed by atoms with Crippen LogP contribution >= 0.6 is 24.0 Å². The Kier molecular flexibility index (Phi) is 8.65. The first-order valence-corrected chi connectivity index (χ1v) is 8.72. The predicted octanol–water partition coefficient (Wildman–Crippen LogP) is 2.49. The van der Waals surface area contributed by atoms with Gasteiger partial charge >= 0.3 is 0 Å². The van der Waals surface area contributed by atoms with Gasteiger partial charge in [-0.25, -0.2) is 9.97 Å². The maximum Gasteiger partial charge on any atom is 0.219 e. The van der Waals surface area contributed by atoms with Crippen molar-refractivity contribution in [1.82, 2.24) is 30.4 Å². The van der Waals surface area contributed by atoms with Crippen LogP contribution in [0.1, 0.15) is 11.4 Å². The number of hydrogen-bond donors (Lipinski definition) is 2. The van der Waals surface area contributed by atoms with Crippen LogP contribution in [0.5, 0.6) is 17.4 Å². The average Bonchev–Trinajstić information content (AvgIpc) is 3.14. The van der Waals surface area contributed by atoms with Gasteiger partial charge in [-0.3, -0.25) is 9.67 Å². The number of nitrogens with zero attached hydrogens (tertiary/aromatic N) is 5. The Bertz CT molecular complexity index is 911. The zero-order valence-electron chi connectivity index (χ0n) is 16.5. The molecule has 0 atom stereocenters. The van der Waals surface area contributed by atoms with E-state index in [0.29, 0.717) is 30.7 Å². The average molecular weight is 509 g/mol. The van der Waals surface area contributed by atoms with Crippen molar-refractivity contribution < 1.29 is 9.47 Å². The van der Waals surface area contributed by atoms with Gasteiger partial charge in [0.1, 0.15) is 23.7 Å². The van der Waals surface area contributed by atoms with Gasteiger partial charge in [-0.15, -0.1) is 24.0 Å². The predicted molar refractivity (Wildman–Crippen MR) is 121 cm³/mol. The van der Waals surface area contributed by atoms with E-state index < -0.39 is 0 Å². The fourth-order valence-electron chi connectivity index (χ4n) is 2.39. The molecule has 3 rings (SSSR count). The van der Waals surface area contributed by atoms with Gasteiger partial charge in [0, 0.05) is 32.9 Å². The lowest BCUT2D eigenvalue weighted by Crippen LogP contribution is -2.36. The summed E-state index contributed by atoms with van der Waals surface area (Å²) in [6.45, 7) is 1.11. The van der Waals surface area contributed by atoms with E-state index in [1.54, 1.807) is 25.0 Å². The topological polar surface area (TPSA) is 98.5 Å². The molecule has 154 valence electrons. The smallest absolute Gasteiger partial charge is 0.219 e. The SMILES string of the molecule is CN=C(NCc1ccc(Oc2ccc(OC)cc2)nc1)NCc1ncnn1C.I. The Morgan fingerprint density at radius 1 is 1.03 bits per heavy atom. The van der Waals surface area contributed by atoms with Gasteiger partial charge in [-0.05, 0) is 29.8 Å². The number of methoxy groups -OCH3 is 1. The second kappa shape index (κ2) is 11.2. The lowest BCUT2D eigenvalue weighted by molar-refractivity contribution is 0.412. The fraction of sp³-hybridized carbons (Fsp3) is 0.263. The Hall–Kier alpha value is -2.89. The number of aryl methyl sites for hydroxylation is 1. The molecule has 0 bridgehead atoms. The Labute approximate surface area is 186 Å². The molecule has 3 aromatic rings. The van der Waals surface area contributed by atoms with Crippen molar-refractivity contribution >= 4 is 29.9 Å². The van der Waals surface area contributed by atoms with E-state index in [-0.39, 0.29) is 24.0 Å². The number of benzene rings is 1. The molecule has 0 fully saturated rings. The molecule has 1 aromatic carbocycles. The second-order valence-corrected chi connectivity index (χ2v) is 5.86. The summed E-state index contributed by atoms with van der Waals surface area (Å²) in [6, 6.07) is 11.1. The van der Waals surface area contributed by atoms with Crippen LogP contribution in [0.25, 0.3) is 0 Å². The molecule has 0 aliphatic rings. The molecule has 2 aromatic heterocycles. The van der Waals surface area contributed by atoms with Crippen LogP contribution < -0.4 is 20.1 Å². The Morgan fingerprint density at radius 2 is 1.76 bits per heavy atom. The van der Waals surface area contributed by atoms with E-state index in [1.807, 2.05) is 43.4 Å². The summed E-state index contributed by atoms with van der Waals surface area (Å²) < 4.78 is 12.6. The van der Waals surface area contributed by atoms with E-state index in [0.717, 1.165) is 17.1 Å². The molecule has 0 unspecified atom stereocenters. The van der Waals surface area contributed by atoms with Crippen LogP contribution in [-0.2, 0) is 20.1 Å². The van der Waals surface area contributed by atoms with E-state index in [1.165, 1.54) is 6.33 Å². The molecule has 0 amide bonds. The zero-order valence-corrected chi connectivity index (χ0v) is 18.8. The molecule has 0 spiro atoms. The van der Waals surface area contributed by atoms with Crippen molar-refractivity contribution in [3.05, 3.63) is 60.3 Å². The molecular formula is C19H24IN7O2. The van der Waals surface area contributed by atoms with Crippen LogP contribution in [0.15, 0.2) is 53.9 Å². The summed E-state index contributed by atoms with van der Waals surface area (Å²) in [5.74, 6) is 3.50. The number of pyridine rings is 1. The molecule has 0 saturated carbocycles. The van der Waals surface area contributed by atoms with Crippen molar-refractivity contribution in [2.75, 3.05) is 14.2 Å². The minimum atomic E-state index is 0. The summed E-state index contributed by atoms with van der Waals surface area (Å²) in [5.41, 5.74) is 1.00. The van der Waals surface area contributed by atoms with Gasteiger partial charge in [0.05, 0.1) is 13.7 Å². The van der Waals surface area contributed by atoms with Crippen LogP contribution in [0.3, 0.4) is 0 Å². The van der Waals surface area contributed by atoms with Gasteiger partial charge in [0.25, 0.3) is 0 Å². The highest BCUT2D eigenvalue weighted by Gasteiger charge is 2.04. The van der Waals surface area contributed by atoms with Crippen molar-refractivity contribution in [3.63, 3.8) is 0 Å². The summed E-state index contributed by atoms with van der Waals surface area (Å²) in [7, 11) is 5.20. The maximum absolute atomic E-state index is 5.73. The number of rotatable bonds is 7. The molecule has 2 N–H and O–H groups in total. The Morgan fingerprint density at radius 3 is 2.34 bits per heavy atom. The van der Waals surface area contributed by atoms with Crippen LogP contribution in [0.2, 0.25) is 0 Å². The van der Waals surface area contributed by atoms with Gasteiger partial charge in [-0.2, -0.15) is 5.10 Å². The van der Waals surface area contributed by atoms with E-state index >= 15 is 0 Å². The highest BCUT2D eigenvalue weighted by atomic mass is 127. The monoisotopic (exact) mass is 509 g/mol. The maximum atomic E-state index is 5.73. The molecule has 0 saturated heterocycles. The van der Waals surface area contributed by atoms with Crippen LogP contribution in [0.4, 0.5) is 0 Å². The van der Waals surface area contributed by atoms with Crippen LogP contribution in [0, 0.1) is 0 Å². The largest absolute Gasteiger partial charge is 0.497 e. The minimum absolute atomic E-state index is 0. The van der Waals surface area contributed by atoms with E-state index in [4.69, 9.17) is 9.47 Å². The van der Waals surface area contributed by atoms with E-state index in [9.17, 15) is 0 Å². The molecule has 0 radical (unpaired) electrons. The van der Waals surface area contributed by atoms with E-state index in [2.05, 4.69) is 30.7 Å². The lowest BCUT2D eigenvalue weighted by atomic mass is 10.3. The van der Waals surface area contributed by atoms with Crippen molar-refractivity contribution in [3.8, 4) is 17.4 Å². The highest BCUT2D eigenvalue weighted by Crippen LogP contribution is 2.22. The fourth-order valence-corrected chi connectivity index (χ4v) is 2.39. The first-order valence-electron chi connectivity index (χ1n) is 8.72. The first-order chi connectivity index (χ1) is 13.7. The van der Waals surface area contributed by atoms with Gasteiger partial charge in [0.15, 0.2) is 5.96 Å². The number of hydrogen-bond acceptors (Lipinski definition) is 6. The lowest BCUT2D eigenvalue weighted by Gasteiger charge is -2.12. The third-order valence-electron chi connectivity index (χ3n) is 3.98. The molecule has 0 aliphatic carbocycles. The highest BCUT2D eigenvalue weighted by molar-refractivity contribution is 14.0. The first kappa shape index (κ1) is 22.4. The number of nitrogens with one attached hydrogen (secondary N) is 2. The Balaban J connectivity index is 0.00000300. The number of guanidine groups is 1. The number of aromatic nitrogens is 4. The van der Waals surface area contributed by atoms with Gasteiger partial charge in [0.2, 0.25) is 5.88 Å². The number of halogens is 1. The molecular weight excluding hydrogens is 485 g/mol. The van der Waals surface area contributed by atoms with Crippen molar-refractivity contribution in [2.45, 2.75) is 13.1 Å². The standard InChI is InChI=1S/C19H23N7O2.HI/c1-20-19(23-12-17-24-13-25-26(17)2)22-11-14-4-9-18(21-10-14)28-16-7-5-15(27-3)6-8-16;/h4-10,13H,11-12H2,1-3H3,(H2,20,22,23);1H. The molecule has 29 heavy (non-hydrogen) atoms. The summed E-state index contributed by atoms with van der Waals surface area (Å²) in [6.07, 6.45) is 3.29. The zero-order chi connectivity index (χ0) is 19.8. The van der Waals surface area contributed by atoms with Crippen molar-refractivity contribution in [1.29, 1.82) is 0 Å². The second-order valence-electron chi connectivity index (χ2n) is 5.86. The summed E-state index contributed by atoms with van der Waals surface area (Å²) >= 11 is 0. The van der Waals surface area contributed by atoms with Gasteiger partial charge < -0.3 is 20.1 Å². The van der Waals surface area contributed by atoms with Crippen molar-refractivity contribution in [2.24, 2.45) is 12.0 Å². The molecule has 9 nitrogen and oxygen atoms in total. The minimum Gasteiger partial charge on any atom is -0.497 e. The molecule has 2 heterocycles. The number of ether oxygens (including phenoxy) is 2. The molecule has 10 heteroatoms. The van der Waals surface area contributed by atoms with Gasteiger partial charge in [-0.1, -0.05) is 6.07 Å². The normalized spacial score (nSPS) is 10.8. The van der Waals surface area contributed by atoms with Crippen LogP contribution in [-0.4, -0.2) is 39.9 Å². The molecule has 0 aliphatic heterocycles. The summed E-state index contributed by atoms with van der Waals surface area (Å²) in [5, 5.41) is 10.5. The quantitative estimate of drug-likeness (QED) is 0.287. The number of aliphatic imine (C=N–C) groups is 1. The summed E-state index contributed by atoms with van der Waals surface area (Å²) in [4.78, 5) is 12.7.